The molecule has 1 heterocycles. The summed E-state index contributed by atoms with van der Waals surface area (Å²) in [7, 11) is 0. The van der Waals surface area contributed by atoms with Crippen LogP contribution in [0.5, 0.6) is 0 Å². The molecule has 0 unspecified atom stereocenters. The number of rotatable bonds is 6. The average molecular weight is 664 g/mol. The molecule has 244 valence electrons. The van der Waals surface area contributed by atoms with Crippen molar-refractivity contribution in [1.29, 1.82) is 0 Å². The molecule has 2 heteroatoms. The van der Waals surface area contributed by atoms with Gasteiger partial charge in [0.25, 0.3) is 0 Å². The quantitative estimate of drug-likeness (QED) is 0.176. The molecule has 0 amide bonds. The van der Waals surface area contributed by atoms with E-state index in [4.69, 9.17) is 4.42 Å². The number of hydrogen-bond donors (Lipinski definition) is 0. The molecule has 0 fully saturated rings. The molecule has 0 saturated heterocycles. The summed E-state index contributed by atoms with van der Waals surface area (Å²) in [6.07, 6.45) is 0. The van der Waals surface area contributed by atoms with Crippen LogP contribution in [0, 0.1) is 0 Å². The van der Waals surface area contributed by atoms with E-state index in [1.165, 1.54) is 43.8 Å². The lowest BCUT2D eigenvalue weighted by Crippen LogP contribution is -2.09. The Kier molecular flexibility index (Phi) is 7.18. The zero-order chi connectivity index (χ0) is 34.4. The van der Waals surface area contributed by atoms with Crippen molar-refractivity contribution in [2.75, 3.05) is 4.90 Å². The van der Waals surface area contributed by atoms with E-state index in [2.05, 4.69) is 205 Å². The highest BCUT2D eigenvalue weighted by Crippen LogP contribution is 2.44. The van der Waals surface area contributed by atoms with Gasteiger partial charge in [0.1, 0.15) is 11.2 Å². The number of nitrogens with zero attached hydrogens (tertiary/aromatic N) is 1. The molecule has 0 radical (unpaired) electrons. The maximum absolute atomic E-state index is 6.88. The van der Waals surface area contributed by atoms with Gasteiger partial charge in [-0.2, -0.15) is 0 Å². The van der Waals surface area contributed by atoms with E-state index in [1.807, 2.05) is 0 Å². The van der Waals surface area contributed by atoms with Gasteiger partial charge in [0.15, 0.2) is 0 Å². The summed E-state index contributed by atoms with van der Waals surface area (Å²) >= 11 is 0. The first-order valence-electron chi connectivity index (χ1n) is 17.8. The molecule has 0 bridgehead atoms. The molecule has 2 nitrogen and oxygen atoms in total. The fourth-order valence-electron chi connectivity index (χ4n) is 7.65. The summed E-state index contributed by atoms with van der Waals surface area (Å²) < 4.78 is 6.88. The summed E-state index contributed by atoms with van der Waals surface area (Å²) in [5.41, 5.74) is 12.0. The topological polar surface area (TPSA) is 16.4 Å². The summed E-state index contributed by atoms with van der Waals surface area (Å²) in [4.78, 5) is 2.34. The average Bonchev–Trinajstić information content (AvgIpc) is 3.61. The van der Waals surface area contributed by atoms with Gasteiger partial charge in [-0.3, -0.25) is 0 Å². The maximum atomic E-state index is 6.88. The number of anilines is 3. The molecule has 10 rings (SSSR count). The number of hydrogen-bond acceptors (Lipinski definition) is 2. The van der Waals surface area contributed by atoms with E-state index in [0.717, 1.165) is 50.1 Å². The van der Waals surface area contributed by atoms with Crippen molar-refractivity contribution in [2.45, 2.75) is 0 Å². The largest absolute Gasteiger partial charge is 0.455 e. The van der Waals surface area contributed by atoms with Crippen LogP contribution in [0.1, 0.15) is 0 Å². The minimum atomic E-state index is 0.861. The van der Waals surface area contributed by atoms with Crippen LogP contribution in [0.15, 0.2) is 205 Å². The van der Waals surface area contributed by atoms with Gasteiger partial charge in [0.2, 0.25) is 0 Å². The molecule has 1 aromatic heterocycles. The SMILES string of the molecule is c1ccc(-c2ccc(N(c3ccc4cc(-c5ccccc5)ccc4c3)c3ccc4c(c3)oc3c(-c5ccccc5)cc5ccccc5c34)cc2)cc1. The zero-order valence-corrected chi connectivity index (χ0v) is 28.4. The molecule has 0 saturated carbocycles. The van der Waals surface area contributed by atoms with Gasteiger partial charge in [-0.05, 0) is 97.9 Å². The van der Waals surface area contributed by atoms with Crippen LogP contribution in [-0.2, 0) is 0 Å². The molecule has 10 aromatic rings. The zero-order valence-electron chi connectivity index (χ0n) is 28.4. The third-order valence-corrected chi connectivity index (χ3v) is 10.2. The third-order valence-electron chi connectivity index (χ3n) is 10.2. The van der Waals surface area contributed by atoms with Crippen LogP contribution in [0.3, 0.4) is 0 Å². The van der Waals surface area contributed by atoms with Crippen molar-refractivity contribution in [3.63, 3.8) is 0 Å². The molecule has 0 aliphatic heterocycles. The minimum Gasteiger partial charge on any atom is -0.455 e. The smallest absolute Gasteiger partial charge is 0.143 e. The summed E-state index contributed by atoms with van der Waals surface area (Å²) in [6, 6.07) is 71.5. The lowest BCUT2D eigenvalue weighted by molar-refractivity contribution is 0.670. The predicted molar refractivity (Wildman–Crippen MR) is 220 cm³/mol. The minimum absolute atomic E-state index is 0.861. The second-order valence-electron chi connectivity index (χ2n) is 13.4. The Morgan fingerprint density at radius 2 is 0.865 bits per heavy atom. The first kappa shape index (κ1) is 30.0. The molecule has 52 heavy (non-hydrogen) atoms. The van der Waals surface area contributed by atoms with Gasteiger partial charge < -0.3 is 9.32 Å². The number of benzene rings is 9. The molecule has 0 N–H and O–H groups in total. The molecular weight excluding hydrogens is 631 g/mol. The monoisotopic (exact) mass is 663 g/mol. The Labute approximate surface area is 302 Å². The van der Waals surface area contributed by atoms with E-state index in [9.17, 15) is 0 Å². The molecule has 9 aromatic carbocycles. The van der Waals surface area contributed by atoms with Gasteiger partial charge in [-0.1, -0.05) is 146 Å². The Morgan fingerprint density at radius 1 is 0.327 bits per heavy atom. The second kappa shape index (κ2) is 12.5. The van der Waals surface area contributed by atoms with Crippen molar-refractivity contribution in [3.8, 4) is 33.4 Å². The van der Waals surface area contributed by atoms with Crippen molar-refractivity contribution < 1.29 is 4.42 Å². The third kappa shape index (κ3) is 5.21. The second-order valence-corrected chi connectivity index (χ2v) is 13.4. The van der Waals surface area contributed by atoms with Crippen LogP contribution in [0.25, 0.3) is 76.9 Å². The Hall–Kier alpha value is -6.90. The van der Waals surface area contributed by atoms with E-state index in [-0.39, 0.29) is 0 Å². The highest BCUT2D eigenvalue weighted by molar-refractivity contribution is 6.22. The lowest BCUT2D eigenvalue weighted by Gasteiger charge is -2.26. The summed E-state index contributed by atoms with van der Waals surface area (Å²) in [5.74, 6) is 0. The highest BCUT2D eigenvalue weighted by Gasteiger charge is 2.19. The maximum Gasteiger partial charge on any atom is 0.143 e. The normalized spacial score (nSPS) is 11.5. The Balaban J connectivity index is 1.15. The lowest BCUT2D eigenvalue weighted by atomic mass is 9.96. The van der Waals surface area contributed by atoms with E-state index in [0.29, 0.717) is 0 Å². The predicted octanol–water partition coefficient (Wildman–Crippen LogP) is 14.4. The molecule has 0 aliphatic rings. The van der Waals surface area contributed by atoms with E-state index in [1.54, 1.807) is 0 Å². The number of furan rings is 1. The standard InChI is InChI=1S/C50H33NO/c1-4-12-34(13-5-1)36-22-25-42(26-23-36)51(43-27-24-39-30-38(20-21-40(39)31-43)35-14-6-2-7-15-35)44-28-29-46-48(33-44)52-50-47(37-16-8-3-9-17-37)32-41-18-10-11-19-45(41)49(46)50/h1-33H. The Morgan fingerprint density at radius 3 is 1.62 bits per heavy atom. The van der Waals surface area contributed by atoms with Crippen LogP contribution in [0.4, 0.5) is 17.1 Å². The van der Waals surface area contributed by atoms with Crippen molar-refractivity contribution >= 4 is 60.5 Å². The van der Waals surface area contributed by atoms with Crippen molar-refractivity contribution in [2.24, 2.45) is 0 Å². The fraction of sp³-hybridized carbons (Fsp3) is 0. The van der Waals surface area contributed by atoms with Crippen LogP contribution >= 0.6 is 0 Å². The van der Waals surface area contributed by atoms with Crippen LogP contribution < -0.4 is 4.90 Å². The van der Waals surface area contributed by atoms with Gasteiger partial charge in [0.05, 0.1) is 0 Å². The number of fused-ring (bicyclic) bond motifs is 6. The van der Waals surface area contributed by atoms with Crippen molar-refractivity contribution in [1.82, 2.24) is 0 Å². The van der Waals surface area contributed by atoms with Gasteiger partial charge >= 0.3 is 0 Å². The van der Waals surface area contributed by atoms with E-state index >= 15 is 0 Å². The van der Waals surface area contributed by atoms with Crippen molar-refractivity contribution in [3.05, 3.63) is 200 Å². The Bertz CT molecular complexity index is 2870. The molecular formula is C50H33NO. The first-order valence-corrected chi connectivity index (χ1v) is 17.8. The summed E-state index contributed by atoms with van der Waals surface area (Å²) in [6.45, 7) is 0. The molecule has 0 aliphatic carbocycles. The first-order chi connectivity index (χ1) is 25.8. The van der Waals surface area contributed by atoms with E-state index < -0.39 is 0 Å². The van der Waals surface area contributed by atoms with Gasteiger partial charge in [-0.15, -0.1) is 0 Å². The molecule has 0 spiro atoms. The molecule has 0 atom stereocenters. The highest BCUT2D eigenvalue weighted by atomic mass is 16.3. The summed E-state index contributed by atoms with van der Waals surface area (Å²) in [5, 5.41) is 7.05. The fourth-order valence-corrected chi connectivity index (χ4v) is 7.65. The van der Waals surface area contributed by atoms with Gasteiger partial charge in [-0.25, -0.2) is 0 Å². The van der Waals surface area contributed by atoms with Crippen LogP contribution in [-0.4, -0.2) is 0 Å². The van der Waals surface area contributed by atoms with Gasteiger partial charge in [0, 0.05) is 39.5 Å². The van der Waals surface area contributed by atoms with Crippen LogP contribution in [0.2, 0.25) is 0 Å².